The molecule has 1 saturated carbocycles. The normalized spacial score (nSPS) is 34.2. The highest BCUT2D eigenvalue weighted by Crippen LogP contribution is 2.45. The van der Waals surface area contributed by atoms with E-state index < -0.39 is 0 Å². The van der Waals surface area contributed by atoms with E-state index in [0.717, 1.165) is 12.8 Å². The quantitative estimate of drug-likeness (QED) is 0.654. The van der Waals surface area contributed by atoms with E-state index in [1.165, 1.54) is 0 Å². The van der Waals surface area contributed by atoms with E-state index >= 15 is 0 Å². The van der Waals surface area contributed by atoms with Crippen LogP contribution in [-0.4, -0.2) is 42.9 Å². The molecule has 90 valence electrons. The number of hydrogen-bond acceptors (Lipinski definition) is 3. The smallest absolute Gasteiger partial charge is 0.239 e. The average Bonchev–Trinajstić information content (AvgIpc) is 2.23. The molecule has 0 aromatic carbocycles. The van der Waals surface area contributed by atoms with Crippen molar-refractivity contribution in [2.45, 2.75) is 19.8 Å². The van der Waals surface area contributed by atoms with Crippen molar-refractivity contribution in [3.8, 4) is 0 Å². The van der Waals surface area contributed by atoms with E-state index in [-0.39, 0.29) is 23.8 Å². The van der Waals surface area contributed by atoms with Crippen LogP contribution in [0.15, 0.2) is 0 Å². The van der Waals surface area contributed by atoms with Crippen LogP contribution in [0.2, 0.25) is 0 Å². The zero-order chi connectivity index (χ0) is 11.8. The van der Waals surface area contributed by atoms with Crippen molar-refractivity contribution >= 4 is 11.8 Å². The molecule has 1 aliphatic carbocycles. The number of amides is 2. The van der Waals surface area contributed by atoms with Gasteiger partial charge in [-0.1, -0.05) is 6.92 Å². The van der Waals surface area contributed by atoms with Gasteiger partial charge in [0.15, 0.2) is 0 Å². The van der Waals surface area contributed by atoms with Crippen LogP contribution in [0.1, 0.15) is 19.8 Å². The van der Waals surface area contributed by atoms with Gasteiger partial charge in [0, 0.05) is 19.6 Å². The topological polar surface area (TPSA) is 75.4 Å². The molecule has 0 radical (unpaired) electrons. The van der Waals surface area contributed by atoms with E-state index in [9.17, 15) is 9.59 Å². The fourth-order valence-electron chi connectivity index (χ4n) is 2.85. The maximum Gasteiger partial charge on any atom is 0.239 e. The predicted octanol–water partition coefficient (Wildman–Crippen LogP) is -0.680. The third-order valence-electron chi connectivity index (χ3n) is 3.65. The molecule has 0 atom stereocenters. The molecule has 1 heterocycles. The minimum Gasteiger partial charge on any atom is -0.353 e. The van der Waals surface area contributed by atoms with Gasteiger partial charge in [-0.15, -0.1) is 0 Å². The Morgan fingerprint density at radius 1 is 1.62 bits per heavy atom. The van der Waals surface area contributed by atoms with Crippen molar-refractivity contribution in [2.75, 3.05) is 26.2 Å². The second kappa shape index (κ2) is 4.05. The Bertz CT molecular complexity index is 310. The van der Waals surface area contributed by atoms with E-state index in [1.54, 1.807) is 4.90 Å². The Kier molecular flexibility index (Phi) is 2.88. The van der Waals surface area contributed by atoms with Crippen LogP contribution < -0.4 is 11.1 Å². The summed E-state index contributed by atoms with van der Waals surface area (Å²) in [5, 5.41) is 2.72. The third kappa shape index (κ3) is 1.80. The fraction of sp³-hybridized carbons (Fsp3) is 0.818. The molecule has 0 bridgehead atoms. The molecule has 2 rings (SSSR count). The lowest BCUT2D eigenvalue weighted by atomic mass is 9.62. The zero-order valence-electron chi connectivity index (χ0n) is 9.66. The summed E-state index contributed by atoms with van der Waals surface area (Å²) in [5.74, 6) is 0.577. The van der Waals surface area contributed by atoms with E-state index in [2.05, 4.69) is 12.2 Å². The molecular formula is C11H19N3O2. The number of carbonyl (C=O) groups excluding carboxylic acids is 2. The van der Waals surface area contributed by atoms with Crippen molar-refractivity contribution in [2.24, 2.45) is 17.1 Å². The highest BCUT2D eigenvalue weighted by atomic mass is 16.2. The standard InChI is InChI=1S/C11H19N3O2/c1-8-4-11(5-8,7-12)10(16)14-3-2-13-9(15)6-14/h8H,2-7,12H2,1H3,(H,13,15). The van der Waals surface area contributed by atoms with Gasteiger partial charge in [0.05, 0.1) is 12.0 Å². The molecule has 2 aliphatic rings. The van der Waals surface area contributed by atoms with Crippen molar-refractivity contribution in [1.29, 1.82) is 0 Å². The number of nitrogens with one attached hydrogen (secondary N) is 1. The highest BCUT2D eigenvalue weighted by Gasteiger charge is 2.49. The van der Waals surface area contributed by atoms with Crippen LogP contribution in [-0.2, 0) is 9.59 Å². The summed E-state index contributed by atoms with van der Waals surface area (Å²) in [6.45, 7) is 3.88. The second-order valence-electron chi connectivity index (χ2n) is 5.07. The maximum atomic E-state index is 12.3. The molecule has 1 aliphatic heterocycles. The predicted molar refractivity (Wildman–Crippen MR) is 59.5 cm³/mol. The molecule has 0 spiro atoms. The van der Waals surface area contributed by atoms with Crippen LogP contribution in [0.5, 0.6) is 0 Å². The van der Waals surface area contributed by atoms with Gasteiger partial charge in [0.2, 0.25) is 11.8 Å². The Labute approximate surface area is 95.3 Å². The molecular weight excluding hydrogens is 206 g/mol. The van der Waals surface area contributed by atoms with Crippen molar-refractivity contribution in [3.05, 3.63) is 0 Å². The maximum absolute atomic E-state index is 12.3. The summed E-state index contributed by atoms with van der Waals surface area (Å²) in [7, 11) is 0. The summed E-state index contributed by atoms with van der Waals surface area (Å²) in [6.07, 6.45) is 1.72. The second-order valence-corrected chi connectivity index (χ2v) is 5.07. The molecule has 5 nitrogen and oxygen atoms in total. The first-order valence-electron chi connectivity index (χ1n) is 5.83. The molecule has 16 heavy (non-hydrogen) atoms. The third-order valence-corrected chi connectivity index (χ3v) is 3.65. The first kappa shape index (κ1) is 11.4. The van der Waals surface area contributed by atoms with Gasteiger partial charge in [-0.05, 0) is 18.8 Å². The Hall–Kier alpha value is -1.10. The van der Waals surface area contributed by atoms with Gasteiger partial charge >= 0.3 is 0 Å². The number of hydrogen-bond donors (Lipinski definition) is 2. The fourth-order valence-corrected chi connectivity index (χ4v) is 2.85. The Morgan fingerprint density at radius 2 is 2.31 bits per heavy atom. The zero-order valence-corrected chi connectivity index (χ0v) is 9.66. The van der Waals surface area contributed by atoms with Gasteiger partial charge in [0.25, 0.3) is 0 Å². The molecule has 2 amide bonds. The Morgan fingerprint density at radius 3 is 2.81 bits per heavy atom. The monoisotopic (exact) mass is 225 g/mol. The van der Waals surface area contributed by atoms with Gasteiger partial charge in [-0.25, -0.2) is 0 Å². The van der Waals surface area contributed by atoms with E-state index in [4.69, 9.17) is 5.73 Å². The number of nitrogens with zero attached hydrogens (tertiary/aromatic N) is 1. The molecule has 1 saturated heterocycles. The largest absolute Gasteiger partial charge is 0.353 e. The molecule has 0 unspecified atom stereocenters. The van der Waals surface area contributed by atoms with Crippen molar-refractivity contribution in [1.82, 2.24) is 10.2 Å². The van der Waals surface area contributed by atoms with Crippen LogP contribution in [0.25, 0.3) is 0 Å². The van der Waals surface area contributed by atoms with Crippen LogP contribution in [0.3, 0.4) is 0 Å². The molecule has 0 aromatic rings. The van der Waals surface area contributed by atoms with Gasteiger partial charge in [-0.2, -0.15) is 0 Å². The average molecular weight is 225 g/mol. The van der Waals surface area contributed by atoms with Crippen LogP contribution in [0.4, 0.5) is 0 Å². The van der Waals surface area contributed by atoms with Gasteiger partial charge < -0.3 is 16.0 Å². The number of nitrogens with two attached hydrogens (primary N) is 1. The SMILES string of the molecule is CC1CC(CN)(C(=O)N2CCNC(=O)C2)C1. The van der Waals surface area contributed by atoms with E-state index in [1.807, 2.05) is 0 Å². The van der Waals surface area contributed by atoms with Crippen molar-refractivity contribution < 1.29 is 9.59 Å². The molecule has 3 N–H and O–H groups in total. The Balaban J connectivity index is 2.03. The molecule has 5 heteroatoms. The lowest BCUT2D eigenvalue weighted by Gasteiger charge is -2.47. The number of rotatable bonds is 2. The van der Waals surface area contributed by atoms with Crippen LogP contribution in [0, 0.1) is 11.3 Å². The summed E-state index contributed by atoms with van der Waals surface area (Å²) in [5.41, 5.74) is 5.35. The minimum absolute atomic E-state index is 0.0702. The first-order chi connectivity index (χ1) is 7.57. The summed E-state index contributed by atoms with van der Waals surface area (Å²) >= 11 is 0. The first-order valence-corrected chi connectivity index (χ1v) is 5.83. The van der Waals surface area contributed by atoms with Gasteiger partial charge in [0.1, 0.15) is 0 Å². The van der Waals surface area contributed by atoms with E-state index in [0.29, 0.717) is 25.6 Å². The summed E-state index contributed by atoms with van der Waals surface area (Å²) in [4.78, 5) is 25.2. The number of carbonyl (C=O) groups is 2. The molecule has 0 aromatic heterocycles. The summed E-state index contributed by atoms with van der Waals surface area (Å²) < 4.78 is 0. The highest BCUT2D eigenvalue weighted by molar-refractivity contribution is 5.89. The lowest BCUT2D eigenvalue weighted by molar-refractivity contribution is -0.153. The van der Waals surface area contributed by atoms with Crippen molar-refractivity contribution in [3.63, 3.8) is 0 Å². The van der Waals surface area contributed by atoms with Crippen LogP contribution >= 0.6 is 0 Å². The summed E-state index contributed by atoms with van der Waals surface area (Å²) in [6, 6.07) is 0. The lowest BCUT2D eigenvalue weighted by Crippen LogP contribution is -2.59. The number of piperazine rings is 1. The minimum atomic E-state index is -0.378. The van der Waals surface area contributed by atoms with Gasteiger partial charge in [-0.3, -0.25) is 9.59 Å². The molecule has 2 fully saturated rings.